The van der Waals surface area contributed by atoms with Gasteiger partial charge in [0, 0.05) is 25.2 Å². The Morgan fingerprint density at radius 3 is 3.00 bits per heavy atom. The molecule has 1 N–H and O–H groups in total. The maximum absolute atomic E-state index is 4.27. The average molecular weight is 193 g/mol. The third-order valence-corrected chi connectivity index (χ3v) is 3.12. The molecule has 0 bridgehead atoms. The van der Waals surface area contributed by atoms with E-state index >= 15 is 0 Å². The molecule has 3 nitrogen and oxygen atoms in total. The van der Waals surface area contributed by atoms with Crippen molar-refractivity contribution in [2.75, 3.05) is 6.54 Å². The summed E-state index contributed by atoms with van der Waals surface area (Å²) in [7, 11) is 2.03. The maximum atomic E-state index is 4.27. The van der Waals surface area contributed by atoms with Gasteiger partial charge in [0.1, 0.15) is 0 Å². The van der Waals surface area contributed by atoms with Crippen LogP contribution in [0.5, 0.6) is 0 Å². The monoisotopic (exact) mass is 193 g/mol. The van der Waals surface area contributed by atoms with E-state index in [1.807, 2.05) is 17.9 Å². The third-order valence-electron chi connectivity index (χ3n) is 3.12. The maximum Gasteiger partial charge on any atom is 0.0521 e. The van der Waals surface area contributed by atoms with Crippen molar-refractivity contribution in [1.29, 1.82) is 0 Å². The van der Waals surface area contributed by atoms with Crippen LogP contribution < -0.4 is 5.32 Å². The van der Waals surface area contributed by atoms with Gasteiger partial charge in [0.05, 0.1) is 6.20 Å². The predicted octanol–water partition coefficient (Wildman–Crippen LogP) is 1.41. The lowest BCUT2D eigenvalue weighted by atomic mass is 9.99. The van der Waals surface area contributed by atoms with Crippen LogP contribution >= 0.6 is 0 Å². The summed E-state index contributed by atoms with van der Waals surface area (Å²) in [6, 6.07) is 0.665. The number of piperidine rings is 1. The SMILES string of the molecule is Cc1cnn(C)c1CC1CCCCN1. The Morgan fingerprint density at radius 1 is 1.57 bits per heavy atom. The molecule has 0 aromatic carbocycles. The fourth-order valence-corrected chi connectivity index (χ4v) is 2.20. The molecule has 2 rings (SSSR count). The third kappa shape index (κ3) is 1.98. The fraction of sp³-hybridized carbons (Fsp3) is 0.727. The molecule has 1 aliphatic rings. The molecule has 1 fully saturated rings. The molecule has 0 saturated carbocycles. The standard InChI is InChI=1S/C11H19N3/c1-9-8-13-14(2)11(9)7-10-5-3-4-6-12-10/h8,10,12H,3-7H2,1-2H3. The van der Waals surface area contributed by atoms with E-state index in [2.05, 4.69) is 17.3 Å². The Labute approximate surface area is 85.5 Å². The van der Waals surface area contributed by atoms with Crippen LogP contribution in [0, 0.1) is 6.92 Å². The number of rotatable bonds is 2. The summed E-state index contributed by atoms with van der Waals surface area (Å²) >= 11 is 0. The minimum Gasteiger partial charge on any atom is -0.314 e. The van der Waals surface area contributed by atoms with E-state index in [9.17, 15) is 0 Å². The first-order valence-electron chi connectivity index (χ1n) is 5.48. The molecule has 0 amide bonds. The summed E-state index contributed by atoms with van der Waals surface area (Å²) in [6.45, 7) is 3.33. The summed E-state index contributed by atoms with van der Waals surface area (Å²) < 4.78 is 2.01. The first-order chi connectivity index (χ1) is 6.77. The molecule has 14 heavy (non-hydrogen) atoms. The van der Waals surface area contributed by atoms with Gasteiger partial charge < -0.3 is 5.32 Å². The molecule has 78 valence electrons. The van der Waals surface area contributed by atoms with E-state index in [1.54, 1.807) is 0 Å². The van der Waals surface area contributed by atoms with E-state index < -0.39 is 0 Å². The van der Waals surface area contributed by atoms with Crippen LogP contribution in [0.25, 0.3) is 0 Å². The van der Waals surface area contributed by atoms with E-state index in [0.717, 1.165) is 6.42 Å². The minimum atomic E-state index is 0.665. The molecule has 2 heterocycles. The van der Waals surface area contributed by atoms with Crippen LogP contribution in [0.15, 0.2) is 6.20 Å². The van der Waals surface area contributed by atoms with Crippen molar-refractivity contribution < 1.29 is 0 Å². The van der Waals surface area contributed by atoms with Crippen molar-refractivity contribution >= 4 is 0 Å². The van der Waals surface area contributed by atoms with Gasteiger partial charge in [-0.15, -0.1) is 0 Å². The first-order valence-corrected chi connectivity index (χ1v) is 5.48. The molecule has 1 saturated heterocycles. The van der Waals surface area contributed by atoms with Gasteiger partial charge in [0.25, 0.3) is 0 Å². The molecule has 1 unspecified atom stereocenters. The molecular weight excluding hydrogens is 174 g/mol. The number of aromatic nitrogens is 2. The zero-order chi connectivity index (χ0) is 9.97. The first kappa shape index (κ1) is 9.71. The van der Waals surface area contributed by atoms with Crippen molar-refractivity contribution in [3.63, 3.8) is 0 Å². The van der Waals surface area contributed by atoms with Crippen LogP contribution in [0.4, 0.5) is 0 Å². The van der Waals surface area contributed by atoms with E-state index in [-0.39, 0.29) is 0 Å². The molecule has 0 spiro atoms. The molecule has 1 atom stereocenters. The summed E-state index contributed by atoms with van der Waals surface area (Å²) in [4.78, 5) is 0. The Morgan fingerprint density at radius 2 is 2.43 bits per heavy atom. The zero-order valence-electron chi connectivity index (χ0n) is 9.08. The van der Waals surface area contributed by atoms with Crippen LogP contribution in [0.1, 0.15) is 30.5 Å². The van der Waals surface area contributed by atoms with Gasteiger partial charge in [-0.3, -0.25) is 4.68 Å². The molecule has 3 heteroatoms. The summed E-state index contributed by atoms with van der Waals surface area (Å²) in [6.07, 6.45) is 7.10. The van der Waals surface area contributed by atoms with Crippen LogP contribution in [-0.2, 0) is 13.5 Å². The van der Waals surface area contributed by atoms with Crippen molar-refractivity contribution in [1.82, 2.24) is 15.1 Å². The van der Waals surface area contributed by atoms with Crippen molar-refractivity contribution in [3.8, 4) is 0 Å². The van der Waals surface area contributed by atoms with Gasteiger partial charge in [-0.2, -0.15) is 5.10 Å². The zero-order valence-corrected chi connectivity index (χ0v) is 9.08. The quantitative estimate of drug-likeness (QED) is 0.769. The van der Waals surface area contributed by atoms with Gasteiger partial charge in [0.15, 0.2) is 0 Å². The van der Waals surface area contributed by atoms with Gasteiger partial charge >= 0.3 is 0 Å². The minimum absolute atomic E-state index is 0.665. The Bertz CT molecular complexity index is 278. The Balaban J connectivity index is 2.02. The predicted molar refractivity (Wildman–Crippen MR) is 57.3 cm³/mol. The van der Waals surface area contributed by atoms with Gasteiger partial charge in [0.2, 0.25) is 0 Å². The lowest BCUT2D eigenvalue weighted by Crippen LogP contribution is -2.36. The molecule has 1 aromatic rings. The highest BCUT2D eigenvalue weighted by Crippen LogP contribution is 2.14. The van der Waals surface area contributed by atoms with Crippen molar-refractivity contribution in [3.05, 3.63) is 17.5 Å². The summed E-state index contributed by atoms with van der Waals surface area (Å²) in [5, 5.41) is 7.84. The number of nitrogens with one attached hydrogen (secondary N) is 1. The smallest absolute Gasteiger partial charge is 0.0521 e. The van der Waals surface area contributed by atoms with Gasteiger partial charge in [-0.1, -0.05) is 6.42 Å². The normalized spacial score (nSPS) is 22.6. The van der Waals surface area contributed by atoms with Gasteiger partial charge in [-0.25, -0.2) is 0 Å². The molecule has 0 aliphatic carbocycles. The summed E-state index contributed by atoms with van der Waals surface area (Å²) in [5.41, 5.74) is 2.70. The van der Waals surface area contributed by atoms with E-state index in [1.165, 1.54) is 37.1 Å². The van der Waals surface area contributed by atoms with Crippen molar-refractivity contribution in [2.45, 2.75) is 38.6 Å². The van der Waals surface area contributed by atoms with Crippen molar-refractivity contribution in [2.24, 2.45) is 7.05 Å². The molecule has 0 radical (unpaired) electrons. The Kier molecular flexibility index (Phi) is 2.87. The lowest BCUT2D eigenvalue weighted by molar-refractivity contribution is 0.392. The molecule has 1 aromatic heterocycles. The van der Waals surface area contributed by atoms with E-state index in [4.69, 9.17) is 0 Å². The number of hydrogen-bond donors (Lipinski definition) is 1. The summed E-state index contributed by atoms with van der Waals surface area (Å²) in [5.74, 6) is 0. The number of nitrogens with zero attached hydrogens (tertiary/aromatic N) is 2. The van der Waals surface area contributed by atoms with Gasteiger partial charge in [-0.05, 0) is 31.9 Å². The highest BCUT2D eigenvalue weighted by atomic mass is 15.3. The highest BCUT2D eigenvalue weighted by Gasteiger charge is 2.15. The lowest BCUT2D eigenvalue weighted by Gasteiger charge is -2.23. The fourth-order valence-electron chi connectivity index (χ4n) is 2.20. The second-order valence-electron chi connectivity index (χ2n) is 4.25. The van der Waals surface area contributed by atoms with E-state index in [0.29, 0.717) is 6.04 Å². The Hall–Kier alpha value is -0.830. The molecule has 1 aliphatic heterocycles. The van der Waals surface area contributed by atoms with Crippen LogP contribution in [0.2, 0.25) is 0 Å². The average Bonchev–Trinajstić information content (AvgIpc) is 2.51. The number of hydrogen-bond acceptors (Lipinski definition) is 2. The molecular formula is C11H19N3. The number of aryl methyl sites for hydroxylation is 2. The van der Waals surface area contributed by atoms with Crippen LogP contribution in [-0.4, -0.2) is 22.4 Å². The second-order valence-corrected chi connectivity index (χ2v) is 4.25. The largest absolute Gasteiger partial charge is 0.314 e. The second kappa shape index (κ2) is 4.13. The topological polar surface area (TPSA) is 29.9 Å². The van der Waals surface area contributed by atoms with Crippen LogP contribution in [0.3, 0.4) is 0 Å². The highest BCUT2D eigenvalue weighted by molar-refractivity contribution is 5.16.